The fraction of sp³-hybridized carbons (Fsp3) is 0.556. The summed E-state index contributed by atoms with van der Waals surface area (Å²) in [4.78, 5) is 56.4. The second-order valence-corrected chi connectivity index (χ2v) is 10.3. The number of nitrogens with two attached hydrogens (primary N) is 1. The number of carboxylic acid groups (broad SMARTS) is 3. The highest BCUT2D eigenvalue weighted by Crippen LogP contribution is 2.31. The van der Waals surface area contributed by atoms with Gasteiger partial charge in [0, 0.05) is 37.8 Å². The zero-order valence-electron chi connectivity index (χ0n) is 23.4. The number of aliphatic carboxylic acids is 3. The third-order valence-corrected chi connectivity index (χ3v) is 6.97. The molecule has 1 aromatic carbocycles. The molecule has 7 N–H and O–H groups in total. The summed E-state index contributed by atoms with van der Waals surface area (Å²) in [5.41, 5.74) is 2.86. The number of piperidine rings is 1. The van der Waals surface area contributed by atoms with Crippen LogP contribution in [0.1, 0.15) is 62.2 Å². The molecule has 1 saturated heterocycles. The molecule has 0 saturated carbocycles. The molecule has 0 radical (unpaired) electrons. The molecule has 1 aliphatic heterocycles. The number of nitrogens with zero attached hydrogens (tertiary/aromatic N) is 2. The van der Waals surface area contributed by atoms with E-state index in [2.05, 4.69) is 22.4 Å². The Morgan fingerprint density at radius 2 is 1.71 bits per heavy atom. The highest BCUT2D eigenvalue weighted by atomic mass is 16.6. The Balaban J connectivity index is 0.000000401. The van der Waals surface area contributed by atoms with E-state index in [1.807, 2.05) is 0 Å². The maximum Gasteiger partial charge on any atom is 0.336 e. The average molecular weight is 595 g/mol. The Labute approximate surface area is 242 Å². The minimum atomic E-state index is -2.74. The predicted molar refractivity (Wildman–Crippen MR) is 149 cm³/mol. The second kappa shape index (κ2) is 15.7. The molecule has 0 spiro atoms. The van der Waals surface area contributed by atoms with E-state index in [4.69, 9.17) is 30.9 Å². The lowest BCUT2D eigenvalue weighted by molar-refractivity contribution is -0.383. The van der Waals surface area contributed by atoms with Crippen molar-refractivity contribution in [2.45, 2.75) is 63.5 Å². The standard InChI is InChI=1S/C21H30N4O4.C6H8O7/c1-2-29-20-13-18(22)19(25(27)28)12-17(20)21(26)23-16-8-10-24(11-9-16)14-15-6-4-3-5-7-15;7-3(8)1-6(13,5(11)12)2-4(9)10/h3-4,12-13,15-16H,2,5-11,14,22H2,1H3,(H,23,26);13H,1-2H2,(H,7,8)(H,9,10)(H,11,12). The number of nitro benzene ring substituents is 1. The number of amides is 1. The zero-order valence-corrected chi connectivity index (χ0v) is 23.4. The molecule has 1 heterocycles. The Morgan fingerprint density at radius 3 is 2.19 bits per heavy atom. The number of nitrogen functional groups attached to an aromatic ring is 1. The van der Waals surface area contributed by atoms with Gasteiger partial charge in [0.25, 0.3) is 11.6 Å². The van der Waals surface area contributed by atoms with E-state index in [0.29, 0.717) is 6.61 Å². The van der Waals surface area contributed by atoms with E-state index in [1.54, 1.807) is 6.92 Å². The van der Waals surface area contributed by atoms with Crippen molar-refractivity contribution < 1.29 is 49.3 Å². The molecule has 1 unspecified atom stereocenters. The average Bonchev–Trinajstić information content (AvgIpc) is 2.90. The van der Waals surface area contributed by atoms with E-state index in [1.165, 1.54) is 25.0 Å². The molecule has 0 aromatic heterocycles. The summed E-state index contributed by atoms with van der Waals surface area (Å²) in [7, 11) is 0. The lowest BCUT2D eigenvalue weighted by atomic mass is 9.93. The van der Waals surface area contributed by atoms with E-state index < -0.39 is 41.3 Å². The molecule has 1 atom stereocenters. The zero-order chi connectivity index (χ0) is 31.4. The highest BCUT2D eigenvalue weighted by molar-refractivity contribution is 5.98. The second-order valence-electron chi connectivity index (χ2n) is 10.3. The van der Waals surface area contributed by atoms with Crippen LogP contribution in [0.15, 0.2) is 24.3 Å². The lowest BCUT2D eigenvalue weighted by Gasteiger charge is -2.35. The molecule has 42 heavy (non-hydrogen) atoms. The Bertz CT molecular complexity index is 1160. The van der Waals surface area contributed by atoms with Crippen molar-refractivity contribution in [3.8, 4) is 5.75 Å². The number of benzene rings is 1. The number of hydrogen-bond acceptors (Lipinski definition) is 10. The first-order chi connectivity index (χ1) is 19.7. The largest absolute Gasteiger partial charge is 0.493 e. The maximum atomic E-state index is 12.8. The van der Waals surface area contributed by atoms with Gasteiger partial charge in [-0.3, -0.25) is 24.5 Å². The van der Waals surface area contributed by atoms with Gasteiger partial charge in [0.15, 0.2) is 5.60 Å². The monoisotopic (exact) mass is 594 g/mol. The Hall–Kier alpha value is -4.24. The fourth-order valence-corrected chi connectivity index (χ4v) is 4.82. The fourth-order valence-electron chi connectivity index (χ4n) is 4.82. The van der Waals surface area contributed by atoms with Crippen molar-refractivity contribution in [1.29, 1.82) is 0 Å². The number of anilines is 1. The summed E-state index contributed by atoms with van der Waals surface area (Å²) < 4.78 is 5.49. The van der Waals surface area contributed by atoms with Crippen molar-refractivity contribution in [2.75, 3.05) is 32.0 Å². The van der Waals surface area contributed by atoms with E-state index in [0.717, 1.165) is 44.8 Å². The van der Waals surface area contributed by atoms with Gasteiger partial charge in [0.1, 0.15) is 11.4 Å². The van der Waals surface area contributed by atoms with Crippen molar-refractivity contribution in [2.24, 2.45) is 5.92 Å². The van der Waals surface area contributed by atoms with Crippen LogP contribution in [0, 0.1) is 16.0 Å². The van der Waals surface area contributed by atoms with Gasteiger partial charge in [-0.15, -0.1) is 0 Å². The van der Waals surface area contributed by atoms with E-state index >= 15 is 0 Å². The van der Waals surface area contributed by atoms with Gasteiger partial charge in [-0.2, -0.15) is 0 Å². The van der Waals surface area contributed by atoms with Crippen LogP contribution in [0.25, 0.3) is 0 Å². The minimum Gasteiger partial charge on any atom is -0.493 e. The van der Waals surface area contributed by atoms with Gasteiger partial charge in [0.2, 0.25) is 0 Å². The van der Waals surface area contributed by atoms with Gasteiger partial charge in [-0.1, -0.05) is 12.2 Å². The SMILES string of the molecule is CCOc1cc(N)c([N+](=O)[O-])cc1C(=O)NC1CCN(CC2CC=CCC2)CC1.O=C(O)CC(O)(CC(=O)O)C(=O)O. The van der Waals surface area contributed by atoms with E-state index in [-0.39, 0.29) is 34.6 Å². The van der Waals surface area contributed by atoms with Crippen LogP contribution in [0.3, 0.4) is 0 Å². The number of carboxylic acids is 3. The van der Waals surface area contributed by atoms with Crippen LogP contribution in [0.4, 0.5) is 11.4 Å². The molecular formula is C27H38N4O11. The molecule has 1 aromatic rings. The van der Waals surface area contributed by atoms with Crippen molar-refractivity contribution in [1.82, 2.24) is 10.2 Å². The van der Waals surface area contributed by atoms with Gasteiger partial charge >= 0.3 is 17.9 Å². The number of carbonyl (C=O) groups is 4. The molecular weight excluding hydrogens is 556 g/mol. The molecule has 232 valence electrons. The molecule has 2 aliphatic rings. The summed E-state index contributed by atoms with van der Waals surface area (Å²) in [6.07, 6.45) is 7.58. The third kappa shape index (κ3) is 10.3. The first-order valence-corrected chi connectivity index (χ1v) is 13.5. The topological polar surface area (TPSA) is 243 Å². The molecule has 0 bridgehead atoms. The van der Waals surface area contributed by atoms with Crippen LogP contribution in [0.2, 0.25) is 0 Å². The highest BCUT2D eigenvalue weighted by Gasteiger charge is 2.40. The van der Waals surface area contributed by atoms with Gasteiger partial charge in [-0.25, -0.2) is 4.79 Å². The summed E-state index contributed by atoms with van der Waals surface area (Å²) in [6.45, 7) is 5.14. The first kappa shape index (κ1) is 34.0. The molecule has 15 heteroatoms. The van der Waals surface area contributed by atoms with Gasteiger partial charge < -0.3 is 41.1 Å². The van der Waals surface area contributed by atoms with E-state index in [9.17, 15) is 29.3 Å². The number of aliphatic hydroxyl groups is 1. The Kier molecular flexibility index (Phi) is 12.7. The maximum absolute atomic E-state index is 12.8. The smallest absolute Gasteiger partial charge is 0.336 e. The quantitative estimate of drug-likeness (QED) is 0.0877. The number of allylic oxidation sites excluding steroid dienone is 2. The van der Waals surface area contributed by atoms with Crippen LogP contribution >= 0.6 is 0 Å². The molecule has 1 aliphatic carbocycles. The summed E-state index contributed by atoms with van der Waals surface area (Å²) >= 11 is 0. The normalized spacial score (nSPS) is 17.4. The molecule has 3 rings (SSSR count). The van der Waals surface area contributed by atoms with Gasteiger partial charge in [0.05, 0.1) is 29.9 Å². The van der Waals surface area contributed by atoms with Crippen LogP contribution < -0.4 is 15.8 Å². The van der Waals surface area contributed by atoms with Crippen molar-refractivity contribution >= 4 is 35.2 Å². The number of nitrogens with one attached hydrogen (secondary N) is 1. The lowest BCUT2D eigenvalue weighted by Crippen LogP contribution is -2.45. The number of carbonyl (C=O) groups excluding carboxylic acids is 1. The number of hydrogen-bond donors (Lipinski definition) is 6. The van der Waals surface area contributed by atoms with Crippen LogP contribution in [-0.4, -0.2) is 91.9 Å². The summed E-state index contributed by atoms with van der Waals surface area (Å²) in [5, 5.41) is 48.0. The first-order valence-electron chi connectivity index (χ1n) is 13.5. The number of ether oxygens (including phenoxy) is 1. The molecule has 1 fully saturated rings. The molecule has 1 amide bonds. The summed E-state index contributed by atoms with van der Waals surface area (Å²) in [6, 6.07) is 2.62. The van der Waals surface area contributed by atoms with Crippen LogP contribution in [0.5, 0.6) is 5.75 Å². The van der Waals surface area contributed by atoms with Crippen LogP contribution in [-0.2, 0) is 14.4 Å². The molecule has 15 nitrogen and oxygen atoms in total. The van der Waals surface area contributed by atoms with Gasteiger partial charge in [-0.05, 0) is 44.9 Å². The third-order valence-electron chi connectivity index (χ3n) is 6.97. The number of likely N-dealkylation sites (tertiary alicyclic amines) is 1. The Morgan fingerprint density at radius 1 is 1.10 bits per heavy atom. The number of rotatable bonds is 12. The van der Waals surface area contributed by atoms with Crippen molar-refractivity contribution in [3.63, 3.8) is 0 Å². The predicted octanol–water partition coefficient (Wildman–Crippen LogP) is 1.88. The van der Waals surface area contributed by atoms with Crippen molar-refractivity contribution in [3.05, 3.63) is 40.0 Å². The summed E-state index contributed by atoms with van der Waals surface area (Å²) in [5.74, 6) is -4.37. The number of nitro groups is 1. The minimum absolute atomic E-state index is 0.0131.